The smallest absolute Gasteiger partial charge is 0.338 e. The van der Waals surface area contributed by atoms with E-state index in [4.69, 9.17) is 0 Å². The number of rotatable bonds is 3. The van der Waals surface area contributed by atoms with E-state index in [1.807, 2.05) is 11.0 Å². The molecule has 0 spiro atoms. The normalized spacial score (nSPS) is 17.1. The quantitative estimate of drug-likeness (QED) is 0.686. The molecule has 0 amide bonds. The van der Waals surface area contributed by atoms with Gasteiger partial charge in [0.2, 0.25) is 5.95 Å². The summed E-state index contributed by atoms with van der Waals surface area (Å²) < 4.78 is 38.0. The molecule has 3 heterocycles. The molecule has 0 radical (unpaired) electrons. The van der Waals surface area contributed by atoms with Crippen molar-refractivity contribution in [2.75, 3.05) is 31.1 Å². The first-order valence-corrected chi connectivity index (χ1v) is 9.01. The molecule has 0 saturated carbocycles. The first kappa shape index (κ1) is 18.5. The standard InChI is InChI=1S/C19H19F3N6/c1-13(14-2-3-16-17(10-14)24-5-4-23-16)27-6-8-28(9-7-27)18-25-11-15(12-26-18)19(20,21)22/h2-5,10-13H,6-9H2,1H3/t13-/m0/s1. The molecule has 1 atom stereocenters. The molecule has 1 aliphatic heterocycles. The monoisotopic (exact) mass is 388 g/mol. The van der Waals surface area contributed by atoms with Crippen LogP contribution in [0.25, 0.3) is 11.0 Å². The molecule has 6 nitrogen and oxygen atoms in total. The maximum atomic E-state index is 12.7. The van der Waals surface area contributed by atoms with Crippen LogP contribution in [0.1, 0.15) is 24.1 Å². The van der Waals surface area contributed by atoms with Gasteiger partial charge in [0.15, 0.2) is 0 Å². The van der Waals surface area contributed by atoms with E-state index in [9.17, 15) is 13.2 Å². The molecule has 1 aromatic carbocycles. The van der Waals surface area contributed by atoms with Gasteiger partial charge in [0.05, 0.1) is 16.6 Å². The van der Waals surface area contributed by atoms with E-state index in [-0.39, 0.29) is 6.04 Å². The minimum Gasteiger partial charge on any atom is -0.338 e. The number of alkyl halides is 3. The summed E-state index contributed by atoms with van der Waals surface area (Å²) in [5.74, 6) is 0.335. The lowest BCUT2D eigenvalue weighted by Crippen LogP contribution is -2.47. The van der Waals surface area contributed by atoms with Crippen molar-refractivity contribution in [2.24, 2.45) is 0 Å². The molecule has 3 aromatic rings. The van der Waals surface area contributed by atoms with Crippen LogP contribution in [-0.2, 0) is 6.18 Å². The molecule has 4 rings (SSSR count). The third kappa shape index (κ3) is 3.75. The van der Waals surface area contributed by atoms with Crippen LogP contribution in [0.3, 0.4) is 0 Å². The van der Waals surface area contributed by atoms with Gasteiger partial charge in [0.1, 0.15) is 0 Å². The van der Waals surface area contributed by atoms with Gasteiger partial charge in [-0.2, -0.15) is 13.2 Å². The number of halogens is 3. The Morgan fingerprint density at radius 1 is 0.893 bits per heavy atom. The van der Waals surface area contributed by atoms with E-state index in [0.29, 0.717) is 19.0 Å². The number of nitrogens with zero attached hydrogens (tertiary/aromatic N) is 6. The summed E-state index contributed by atoms with van der Waals surface area (Å²) in [5, 5.41) is 0. The molecule has 1 fully saturated rings. The van der Waals surface area contributed by atoms with Crippen LogP contribution in [-0.4, -0.2) is 51.0 Å². The molecule has 0 bridgehead atoms. The summed E-state index contributed by atoms with van der Waals surface area (Å²) in [5.41, 5.74) is 2.06. The number of piperazine rings is 1. The highest BCUT2D eigenvalue weighted by atomic mass is 19.4. The molecule has 28 heavy (non-hydrogen) atoms. The fourth-order valence-electron chi connectivity index (χ4n) is 3.39. The van der Waals surface area contributed by atoms with Crippen LogP contribution in [0.4, 0.5) is 19.1 Å². The molecule has 146 valence electrons. The maximum Gasteiger partial charge on any atom is 0.419 e. The molecule has 2 aromatic heterocycles. The van der Waals surface area contributed by atoms with Gasteiger partial charge in [-0.1, -0.05) is 6.07 Å². The number of fused-ring (bicyclic) bond motifs is 1. The summed E-state index contributed by atoms with van der Waals surface area (Å²) in [7, 11) is 0. The van der Waals surface area contributed by atoms with Crippen LogP contribution in [0.2, 0.25) is 0 Å². The van der Waals surface area contributed by atoms with Crippen molar-refractivity contribution in [1.82, 2.24) is 24.8 Å². The third-order valence-electron chi connectivity index (χ3n) is 5.09. The molecular formula is C19H19F3N6. The van der Waals surface area contributed by atoms with Crippen molar-refractivity contribution < 1.29 is 13.2 Å². The second-order valence-corrected chi connectivity index (χ2v) is 6.77. The second kappa shape index (κ2) is 7.31. The van der Waals surface area contributed by atoms with Crippen LogP contribution >= 0.6 is 0 Å². The van der Waals surface area contributed by atoms with Gasteiger partial charge in [0, 0.05) is 57.0 Å². The predicted molar refractivity (Wildman–Crippen MR) is 98.8 cm³/mol. The Morgan fingerprint density at radius 2 is 1.54 bits per heavy atom. The molecule has 1 aliphatic rings. The van der Waals surface area contributed by atoms with Gasteiger partial charge in [-0.25, -0.2) is 9.97 Å². The van der Waals surface area contributed by atoms with Crippen LogP contribution in [0.15, 0.2) is 43.0 Å². The summed E-state index contributed by atoms with van der Waals surface area (Å²) >= 11 is 0. The molecule has 0 N–H and O–H groups in total. The van der Waals surface area contributed by atoms with Gasteiger partial charge in [-0.3, -0.25) is 14.9 Å². The number of anilines is 1. The van der Waals surface area contributed by atoms with Crippen molar-refractivity contribution in [2.45, 2.75) is 19.1 Å². The Morgan fingerprint density at radius 3 is 2.18 bits per heavy atom. The van der Waals surface area contributed by atoms with Crippen molar-refractivity contribution >= 4 is 17.0 Å². The lowest BCUT2D eigenvalue weighted by molar-refractivity contribution is -0.138. The summed E-state index contributed by atoms with van der Waals surface area (Å²) in [6.07, 6.45) is 0.616. The average molecular weight is 388 g/mol. The van der Waals surface area contributed by atoms with Crippen molar-refractivity contribution in [1.29, 1.82) is 0 Å². The summed E-state index contributed by atoms with van der Waals surface area (Å²) in [6, 6.07) is 6.29. The third-order valence-corrected chi connectivity index (χ3v) is 5.09. The summed E-state index contributed by atoms with van der Waals surface area (Å²) in [4.78, 5) is 20.7. The summed E-state index contributed by atoms with van der Waals surface area (Å²) in [6.45, 7) is 4.99. The van der Waals surface area contributed by atoms with Crippen molar-refractivity contribution in [3.05, 3.63) is 54.1 Å². The number of hydrogen-bond donors (Lipinski definition) is 0. The van der Waals surface area contributed by atoms with Crippen molar-refractivity contribution in [3.8, 4) is 0 Å². The largest absolute Gasteiger partial charge is 0.419 e. The number of benzene rings is 1. The molecule has 0 aliphatic carbocycles. The van der Waals surface area contributed by atoms with E-state index in [1.165, 1.54) is 0 Å². The first-order chi connectivity index (χ1) is 13.4. The van der Waals surface area contributed by atoms with E-state index < -0.39 is 11.7 Å². The van der Waals surface area contributed by atoms with Crippen molar-refractivity contribution in [3.63, 3.8) is 0 Å². The fourth-order valence-corrected chi connectivity index (χ4v) is 3.39. The van der Waals surface area contributed by atoms with Crippen LogP contribution in [0.5, 0.6) is 0 Å². The lowest BCUT2D eigenvalue weighted by Gasteiger charge is -2.38. The second-order valence-electron chi connectivity index (χ2n) is 6.77. The van der Waals surface area contributed by atoms with Crippen LogP contribution in [0, 0.1) is 0 Å². The predicted octanol–water partition coefficient (Wildman–Crippen LogP) is 3.32. The molecular weight excluding hydrogens is 369 g/mol. The van der Waals surface area contributed by atoms with E-state index in [0.717, 1.165) is 42.1 Å². The molecule has 0 unspecified atom stereocenters. The Hall–Kier alpha value is -2.81. The van der Waals surface area contributed by atoms with Gasteiger partial charge < -0.3 is 4.90 Å². The molecule has 9 heteroatoms. The fraction of sp³-hybridized carbons (Fsp3) is 0.368. The number of hydrogen-bond acceptors (Lipinski definition) is 6. The van der Waals surface area contributed by atoms with E-state index in [1.54, 1.807) is 12.4 Å². The minimum absolute atomic E-state index is 0.196. The minimum atomic E-state index is -4.42. The zero-order valence-electron chi connectivity index (χ0n) is 15.3. The highest BCUT2D eigenvalue weighted by Gasteiger charge is 2.32. The zero-order chi connectivity index (χ0) is 19.7. The Labute approximate surface area is 160 Å². The van der Waals surface area contributed by atoms with Crippen LogP contribution < -0.4 is 4.90 Å². The Balaban J connectivity index is 1.41. The maximum absolute atomic E-state index is 12.7. The highest BCUT2D eigenvalue weighted by Crippen LogP contribution is 2.29. The van der Waals surface area contributed by atoms with E-state index in [2.05, 4.69) is 43.9 Å². The zero-order valence-corrected chi connectivity index (χ0v) is 15.3. The topological polar surface area (TPSA) is 58.0 Å². The van der Waals surface area contributed by atoms with E-state index >= 15 is 0 Å². The average Bonchev–Trinajstić information content (AvgIpc) is 2.72. The van der Waals surface area contributed by atoms with Gasteiger partial charge in [-0.05, 0) is 24.6 Å². The number of aromatic nitrogens is 4. The first-order valence-electron chi connectivity index (χ1n) is 9.01. The van der Waals surface area contributed by atoms with Gasteiger partial charge in [-0.15, -0.1) is 0 Å². The SMILES string of the molecule is C[C@@H](c1ccc2nccnc2c1)N1CCN(c2ncc(C(F)(F)F)cn2)CC1. The molecule has 1 saturated heterocycles. The Kier molecular flexibility index (Phi) is 4.84. The highest BCUT2D eigenvalue weighted by molar-refractivity contribution is 5.74. The lowest BCUT2D eigenvalue weighted by atomic mass is 10.1. The van der Waals surface area contributed by atoms with Gasteiger partial charge >= 0.3 is 6.18 Å². The van der Waals surface area contributed by atoms with Gasteiger partial charge in [0.25, 0.3) is 0 Å². The Bertz CT molecular complexity index is 952.